The van der Waals surface area contributed by atoms with Gasteiger partial charge in [0.1, 0.15) is 6.10 Å². The highest BCUT2D eigenvalue weighted by atomic mass is 35.5. The van der Waals surface area contributed by atoms with E-state index in [1.165, 1.54) is 0 Å². The SMILES string of the molecule is O=C(C[C@H]1CCS(=O)(=O)C1)O[C@@H]1CCc2c(Cl)cccc21. The van der Waals surface area contributed by atoms with Crippen molar-refractivity contribution in [2.45, 2.75) is 31.8 Å². The molecule has 1 aliphatic carbocycles. The molecule has 0 amide bonds. The summed E-state index contributed by atoms with van der Waals surface area (Å²) in [6.07, 6.45) is 2.05. The van der Waals surface area contributed by atoms with E-state index >= 15 is 0 Å². The predicted octanol–water partition coefficient (Wildman–Crippen LogP) is 2.70. The second kappa shape index (κ2) is 5.61. The molecule has 114 valence electrons. The molecule has 0 spiro atoms. The van der Waals surface area contributed by atoms with Crippen molar-refractivity contribution >= 4 is 27.4 Å². The first-order valence-electron chi connectivity index (χ1n) is 7.12. The second-order valence-electron chi connectivity index (χ2n) is 5.80. The van der Waals surface area contributed by atoms with Gasteiger partial charge in [-0.2, -0.15) is 0 Å². The van der Waals surface area contributed by atoms with Gasteiger partial charge in [-0.25, -0.2) is 8.42 Å². The Hall–Kier alpha value is -1.07. The molecule has 4 nitrogen and oxygen atoms in total. The van der Waals surface area contributed by atoms with E-state index in [2.05, 4.69) is 0 Å². The van der Waals surface area contributed by atoms with Crippen molar-refractivity contribution in [3.8, 4) is 0 Å². The monoisotopic (exact) mass is 328 g/mol. The van der Waals surface area contributed by atoms with Crippen molar-refractivity contribution in [1.82, 2.24) is 0 Å². The summed E-state index contributed by atoms with van der Waals surface area (Å²) in [5.41, 5.74) is 2.04. The number of sulfone groups is 1. The van der Waals surface area contributed by atoms with E-state index in [-0.39, 0.29) is 35.9 Å². The summed E-state index contributed by atoms with van der Waals surface area (Å²) in [6, 6.07) is 5.64. The van der Waals surface area contributed by atoms with Gasteiger partial charge in [0.2, 0.25) is 0 Å². The average molecular weight is 329 g/mol. The van der Waals surface area contributed by atoms with Crippen molar-refractivity contribution in [2.24, 2.45) is 5.92 Å². The molecule has 21 heavy (non-hydrogen) atoms. The molecule has 1 aliphatic heterocycles. The molecule has 1 heterocycles. The Bertz CT molecular complexity index is 668. The van der Waals surface area contributed by atoms with Crippen molar-refractivity contribution in [1.29, 1.82) is 0 Å². The van der Waals surface area contributed by atoms with Crippen LogP contribution in [0.3, 0.4) is 0 Å². The summed E-state index contributed by atoms with van der Waals surface area (Å²) >= 11 is 6.13. The van der Waals surface area contributed by atoms with Crippen LogP contribution >= 0.6 is 11.6 Å². The van der Waals surface area contributed by atoms with Crippen LogP contribution in [0, 0.1) is 5.92 Å². The molecular weight excluding hydrogens is 312 g/mol. The molecule has 0 radical (unpaired) electrons. The van der Waals surface area contributed by atoms with Gasteiger partial charge < -0.3 is 4.74 Å². The van der Waals surface area contributed by atoms with Crippen LogP contribution in [0.25, 0.3) is 0 Å². The van der Waals surface area contributed by atoms with Gasteiger partial charge >= 0.3 is 5.97 Å². The molecule has 2 aliphatic rings. The maximum Gasteiger partial charge on any atom is 0.306 e. The molecule has 0 aromatic heterocycles. The lowest BCUT2D eigenvalue weighted by molar-refractivity contribution is -0.150. The third kappa shape index (κ3) is 3.24. The lowest BCUT2D eigenvalue weighted by Crippen LogP contribution is -2.15. The lowest BCUT2D eigenvalue weighted by atomic mass is 10.1. The maximum atomic E-state index is 12.0. The van der Waals surface area contributed by atoms with Gasteiger partial charge in [0.25, 0.3) is 0 Å². The number of carbonyl (C=O) groups excluding carboxylic acids is 1. The molecule has 1 fully saturated rings. The van der Waals surface area contributed by atoms with Crippen molar-refractivity contribution in [2.75, 3.05) is 11.5 Å². The number of benzene rings is 1. The highest BCUT2D eigenvalue weighted by Crippen LogP contribution is 2.38. The first-order chi connectivity index (χ1) is 9.94. The minimum Gasteiger partial charge on any atom is -0.457 e. The summed E-state index contributed by atoms with van der Waals surface area (Å²) < 4.78 is 28.3. The van der Waals surface area contributed by atoms with Crippen LogP contribution in [0.15, 0.2) is 18.2 Å². The Morgan fingerprint density at radius 3 is 2.86 bits per heavy atom. The number of hydrogen-bond donors (Lipinski definition) is 0. The predicted molar refractivity (Wildman–Crippen MR) is 80.0 cm³/mol. The van der Waals surface area contributed by atoms with Crippen molar-refractivity contribution < 1.29 is 17.9 Å². The van der Waals surface area contributed by atoms with Crippen LogP contribution in [0.2, 0.25) is 5.02 Å². The number of halogens is 1. The van der Waals surface area contributed by atoms with Crippen LogP contribution < -0.4 is 0 Å². The van der Waals surface area contributed by atoms with Gasteiger partial charge in [-0.1, -0.05) is 23.7 Å². The lowest BCUT2D eigenvalue weighted by Gasteiger charge is -2.15. The minimum absolute atomic E-state index is 0.0947. The topological polar surface area (TPSA) is 60.4 Å². The zero-order valence-corrected chi connectivity index (χ0v) is 13.1. The Labute approximate surface area is 129 Å². The number of esters is 1. The van der Waals surface area contributed by atoms with E-state index in [1.807, 2.05) is 18.2 Å². The fourth-order valence-electron chi connectivity index (χ4n) is 3.17. The number of carbonyl (C=O) groups is 1. The molecule has 2 atom stereocenters. The Morgan fingerprint density at radius 1 is 1.33 bits per heavy atom. The van der Waals surface area contributed by atoms with Gasteiger partial charge in [0, 0.05) is 11.4 Å². The summed E-state index contributed by atoms with van der Waals surface area (Å²) in [5.74, 6) is -0.111. The van der Waals surface area contributed by atoms with Gasteiger partial charge in [0.05, 0.1) is 11.5 Å². The van der Waals surface area contributed by atoms with E-state index in [9.17, 15) is 13.2 Å². The van der Waals surface area contributed by atoms with E-state index < -0.39 is 9.84 Å². The normalized spacial score (nSPS) is 26.5. The smallest absolute Gasteiger partial charge is 0.306 e. The Kier molecular flexibility index (Phi) is 3.97. The fourth-order valence-corrected chi connectivity index (χ4v) is 5.31. The molecule has 3 rings (SSSR count). The number of hydrogen-bond acceptors (Lipinski definition) is 4. The number of fused-ring (bicyclic) bond motifs is 1. The number of rotatable bonds is 3. The summed E-state index contributed by atoms with van der Waals surface area (Å²) in [7, 11) is -2.95. The van der Waals surface area contributed by atoms with Gasteiger partial charge in [0.15, 0.2) is 9.84 Å². The summed E-state index contributed by atoms with van der Waals surface area (Å²) in [6.45, 7) is 0. The molecular formula is C15H17ClO4S. The molecule has 0 N–H and O–H groups in total. The largest absolute Gasteiger partial charge is 0.457 e. The molecule has 1 saturated heterocycles. The zero-order valence-electron chi connectivity index (χ0n) is 11.5. The van der Waals surface area contributed by atoms with Crippen LogP contribution in [-0.2, 0) is 25.8 Å². The molecule has 1 aromatic carbocycles. The quantitative estimate of drug-likeness (QED) is 0.800. The van der Waals surface area contributed by atoms with Crippen LogP contribution in [0.5, 0.6) is 0 Å². The standard InChI is InChI=1S/C15H17ClO4S/c16-13-3-1-2-12-11(13)4-5-14(12)20-15(17)8-10-6-7-21(18,19)9-10/h1-3,10,14H,4-9H2/t10-,14-/m1/s1. The van der Waals surface area contributed by atoms with Gasteiger partial charge in [-0.05, 0) is 42.4 Å². The average Bonchev–Trinajstić information content (AvgIpc) is 2.95. The van der Waals surface area contributed by atoms with Gasteiger partial charge in [-0.15, -0.1) is 0 Å². The molecule has 0 bridgehead atoms. The Balaban J connectivity index is 1.61. The van der Waals surface area contributed by atoms with E-state index in [1.54, 1.807) is 0 Å². The third-order valence-corrected chi connectivity index (χ3v) is 6.41. The van der Waals surface area contributed by atoms with Crippen molar-refractivity contribution in [3.63, 3.8) is 0 Å². The van der Waals surface area contributed by atoms with Crippen LogP contribution in [0.4, 0.5) is 0 Å². The highest BCUT2D eigenvalue weighted by Gasteiger charge is 2.32. The summed E-state index contributed by atoms with van der Waals surface area (Å²) in [5, 5.41) is 0.716. The fraction of sp³-hybridized carbons (Fsp3) is 0.533. The Morgan fingerprint density at radius 2 is 2.14 bits per heavy atom. The van der Waals surface area contributed by atoms with E-state index in [0.29, 0.717) is 11.4 Å². The molecule has 0 saturated carbocycles. The zero-order chi connectivity index (χ0) is 15.0. The molecule has 1 aromatic rings. The van der Waals surface area contributed by atoms with Crippen LogP contribution in [-0.4, -0.2) is 25.9 Å². The van der Waals surface area contributed by atoms with Gasteiger partial charge in [-0.3, -0.25) is 4.79 Å². The number of ether oxygens (including phenoxy) is 1. The molecule has 0 unspecified atom stereocenters. The van der Waals surface area contributed by atoms with E-state index in [0.717, 1.165) is 24.0 Å². The second-order valence-corrected chi connectivity index (χ2v) is 8.43. The summed E-state index contributed by atoms with van der Waals surface area (Å²) in [4.78, 5) is 12.0. The van der Waals surface area contributed by atoms with Crippen LogP contribution in [0.1, 0.15) is 36.5 Å². The van der Waals surface area contributed by atoms with Crippen molar-refractivity contribution in [3.05, 3.63) is 34.3 Å². The van der Waals surface area contributed by atoms with E-state index in [4.69, 9.17) is 16.3 Å². The maximum absolute atomic E-state index is 12.0. The molecule has 6 heteroatoms. The minimum atomic E-state index is -2.95. The first kappa shape index (κ1) is 14.9. The highest BCUT2D eigenvalue weighted by molar-refractivity contribution is 7.91. The first-order valence-corrected chi connectivity index (χ1v) is 9.32. The third-order valence-electron chi connectivity index (χ3n) is 4.21.